The number of nitrogens with zero attached hydrogens (tertiary/aromatic N) is 1. The monoisotopic (exact) mass is 199 g/mol. The van der Waals surface area contributed by atoms with Crippen molar-refractivity contribution in [1.29, 1.82) is 0 Å². The Morgan fingerprint density at radius 3 is 2.93 bits per heavy atom. The third-order valence-electron chi connectivity index (χ3n) is 2.75. The molecule has 1 atom stereocenters. The minimum Gasteiger partial charge on any atom is -0.368 e. The average Bonchev–Trinajstić information content (AvgIpc) is 2.87. The Hall–Kier alpha value is -0.650. The minimum absolute atomic E-state index is 0.0417. The fourth-order valence-corrected chi connectivity index (χ4v) is 1.89. The van der Waals surface area contributed by atoms with Gasteiger partial charge in [-0.05, 0) is 19.3 Å². The molecule has 0 radical (unpaired) electrons. The molecule has 2 aliphatic rings. The van der Waals surface area contributed by atoms with Gasteiger partial charge < -0.3 is 5.73 Å². The molecule has 0 bridgehead atoms. The van der Waals surface area contributed by atoms with Gasteiger partial charge in [0.25, 0.3) is 0 Å². The van der Waals surface area contributed by atoms with Crippen molar-refractivity contribution in [2.75, 3.05) is 19.7 Å². The number of nitrogens with two attached hydrogens (primary N) is 1. The number of nitrogens with one attached hydrogen (secondary N) is 1. The predicted octanol–water partition coefficient (Wildman–Crippen LogP) is -0.770. The molecule has 2 rings (SSSR count). The van der Waals surface area contributed by atoms with Crippen LogP contribution in [0, 0.1) is 0 Å². The number of carbonyl (C=O) groups excluding carboxylic acids is 1. The van der Waals surface area contributed by atoms with Crippen molar-refractivity contribution in [3.05, 3.63) is 0 Å². The normalized spacial score (nSPS) is 28.1. The lowest BCUT2D eigenvalue weighted by atomic mass is 10.3. The number of rotatable bonds is 5. The molecule has 0 aromatic heterocycles. The van der Waals surface area contributed by atoms with Crippen LogP contribution < -0.4 is 11.2 Å². The molecule has 1 saturated carbocycles. The molecule has 1 heterocycles. The zero-order valence-electron chi connectivity index (χ0n) is 8.24. The molecular formula is C9H17N3O2. The van der Waals surface area contributed by atoms with E-state index in [4.69, 9.17) is 10.6 Å². The van der Waals surface area contributed by atoms with E-state index in [2.05, 4.69) is 10.4 Å². The lowest BCUT2D eigenvalue weighted by Gasteiger charge is -2.15. The number of likely N-dealkylation sites (tertiary alicyclic amines) is 1. The van der Waals surface area contributed by atoms with Crippen LogP contribution >= 0.6 is 0 Å². The molecular weight excluding hydrogens is 182 g/mol. The van der Waals surface area contributed by atoms with E-state index < -0.39 is 5.91 Å². The highest BCUT2D eigenvalue weighted by Crippen LogP contribution is 2.29. The van der Waals surface area contributed by atoms with Gasteiger partial charge in [-0.3, -0.25) is 14.5 Å². The van der Waals surface area contributed by atoms with Crippen molar-refractivity contribution in [3.63, 3.8) is 0 Å². The molecule has 3 N–H and O–H groups in total. The maximum absolute atomic E-state index is 10.4. The fourth-order valence-electron chi connectivity index (χ4n) is 1.89. The van der Waals surface area contributed by atoms with E-state index in [0.717, 1.165) is 25.6 Å². The number of hydrogen-bond acceptors (Lipinski definition) is 4. The minimum atomic E-state index is -0.436. The summed E-state index contributed by atoms with van der Waals surface area (Å²) in [6, 6.07) is 1.17. The molecule has 1 aliphatic carbocycles. The quantitative estimate of drug-likeness (QED) is 0.571. The Kier molecular flexibility index (Phi) is 3.00. The molecule has 1 saturated heterocycles. The van der Waals surface area contributed by atoms with Gasteiger partial charge in [-0.15, -0.1) is 0 Å². The molecule has 2 fully saturated rings. The first-order valence-corrected chi connectivity index (χ1v) is 5.15. The summed E-state index contributed by atoms with van der Waals surface area (Å²) in [6.07, 6.45) is 3.78. The van der Waals surface area contributed by atoms with Crippen molar-refractivity contribution in [3.8, 4) is 0 Å². The highest BCUT2D eigenvalue weighted by Gasteiger charge is 2.34. The Morgan fingerprint density at radius 2 is 2.29 bits per heavy atom. The van der Waals surface area contributed by atoms with E-state index in [0.29, 0.717) is 6.04 Å². The Bertz CT molecular complexity index is 218. The van der Waals surface area contributed by atoms with E-state index in [-0.39, 0.29) is 6.61 Å². The standard InChI is InChI=1S/C9H17N3O2/c10-9(13)6-14-11-7-3-4-12(5-7)8-1-2-8/h7-8,11H,1-6H2,(H2,10,13). The smallest absolute Gasteiger partial charge is 0.245 e. The van der Waals surface area contributed by atoms with Crippen molar-refractivity contribution in [2.45, 2.75) is 31.3 Å². The maximum atomic E-state index is 10.4. The summed E-state index contributed by atoms with van der Waals surface area (Å²) in [5, 5.41) is 0. The molecule has 80 valence electrons. The number of primary amides is 1. The number of carbonyl (C=O) groups is 1. The summed E-state index contributed by atoms with van der Waals surface area (Å²) in [5.41, 5.74) is 7.83. The van der Waals surface area contributed by atoms with E-state index in [9.17, 15) is 4.79 Å². The van der Waals surface area contributed by atoms with Gasteiger partial charge in [-0.1, -0.05) is 0 Å². The second kappa shape index (κ2) is 4.25. The molecule has 5 nitrogen and oxygen atoms in total. The number of hydrogen-bond donors (Lipinski definition) is 2. The van der Waals surface area contributed by atoms with Gasteiger partial charge in [0.1, 0.15) is 6.61 Å². The Labute approximate surface area is 83.5 Å². The summed E-state index contributed by atoms with van der Waals surface area (Å²) in [7, 11) is 0. The fraction of sp³-hybridized carbons (Fsp3) is 0.889. The van der Waals surface area contributed by atoms with Crippen LogP contribution in [-0.2, 0) is 9.63 Å². The van der Waals surface area contributed by atoms with E-state index >= 15 is 0 Å². The van der Waals surface area contributed by atoms with Gasteiger partial charge in [0.2, 0.25) is 5.91 Å². The first-order chi connectivity index (χ1) is 6.75. The second-order valence-corrected chi connectivity index (χ2v) is 4.08. The summed E-state index contributed by atoms with van der Waals surface area (Å²) in [5.74, 6) is -0.436. The van der Waals surface area contributed by atoms with Crippen LogP contribution in [0.4, 0.5) is 0 Å². The summed E-state index contributed by atoms with van der Waals surface area (Å²) in [4.78, 5) is 17.9. The zero-order chi connectivity index (χ0) is 9.97. The number of amides is 1. The largest absolute Gasteiger partial charge is 0.368 e. The summed E-state index contributed by atoms with van der Waals surface area (Å²) >= 11 is 0. The first kappa shape index (κ1) is 9.89. The van der Waals surface area contributed by atoms with Crippen LogP contribution in [-0.4, -0.2) is 42.6 Å². The molecule has 14 heavy (non-hydrogen) atoms. The van der Waals surface area contributed by atoms with Crippen LogP contribution in [0.3, 0.4) is 0 Å². The van der Waals surface area contributed by atoms with Crippen molar-refractivity contribution >= 4 is 5.91 Å². The van der Waals surface area contributed by atoms with Gasteiger partial charge in [-0.2, -0.15) is 5.48 Å². The maximum Gasteiger partial charge on any atom is 0.245 e. The van der Waals surface area contributed by atoms with Gasteiger partial charge in [0, 0.05) is 25.2 Å². The van der Waals surface area contributed by atoms with E-state index in [1.807, 2.05) is 0 Å². The first-order valence-electron chi connectivity index (χ1n) is 5.15. The van der Waals surface area contributed by atoms with Crippen LogP contribution in [0.25, 0.3) is 0 Å². The highest BCUT2D eigenvalue weighted by atomic mass is 16.6. The molecule has 1 aliphatic heterocycles. The lowest BCUT2D eigenvalue weighted by molar-refractivity contribution is -0.126. The van der Waals surface area contributed by atoms with E-state index in [1.54, 1.807) is 0 Å². The van der Waals surface area contributed by atoms with E-state index in [1.165, 1.54) is 12.8 Å². The molecule has 1 amide bonds. The van der Waals surface area contributed by atoms with Crippen LogP contribution in [0.5, 0.6) is 0 Å². The van der Waals surface area contributed by atoms with Crippen LogP contribution in [0.15, 0.2) is 0 Å². The van der Waals surface area contributed by atoms with Gasteiger partial charge in [-0.25, -0.2) is 0 Å². The zero-order valence-corrected chi connectivity index (χ0v) is 8.24. The molecule has 5 heteroatoms. The summed E-state index contributed by atoms with van der Waals surface area (Å²) < 4.78 is 0. The topological polar surface area (TPSA) is 67.6 Å². The third kappa shape index (κ3) is 2.67. The Balaban J connectivity index is 1.60. The van der Waals surface area contributed by atoms with Gasteiger partial charge in [0.05, 0.1) is 0 Å². The average molecular weight is 199 g/mol. The van der Waals surface area contributed by atoms with Crippen molar-refractivity contribution in [2.24, 2.45) is 5.73 Å². The van der Waals surface area contributed by atoms with Crippen molar-refractivity contribution in [1.82, 2.24) is 10.4 Å². The molecule has 0 aromatic carbocycles. The van der Waals surface area contributed by atoms with Crippen molar-refractivity contribution < 1.29 is 9.63 Å². The Morgan fingerprint density at radius 1 is 1.50 bits per heavy atom. The van der Waals surface area contributed by atoms with Crippen LogP contribution in [0.1, 0.15) is 19.3 Å². The highest BCUT2D eigenvalue weighted by molar-refractivity contribution is 5.74. The second-order valence-electron chi connectivity index (χ2n) is 4.08. The van der Waals surface area contributed by atoms with Gasteiger partial charge in [0.15, 0.2) is 0 Å². The SMILES string of the molecule is NC(=O)CONC1CCN(C2CC2)C1. The number of hydroxylamine groups is 1. The van der Waals surface area contributed by atoms with Crippen LogP contribution in [0.2, 0.25) is 0 Å². The van der Waals surface area contributed by atoms with Gasteiger partial charge >= 0.3 is 0 Å². The molecule has 1 unspecified atom stereocenters. The predicted molar refractivity (Wildman–Crippen MR) is 51.3 cm³/mol. The molecule has 0 aromatic rings. The third-order valence-corrected chi connectivity index (χ3v) is 2.75. The summed E-state index contributed by atoms with van der Waals surface area (Å²) in [6.45, 7) is 2.13. The molecule has 0 spiro atoms. The lowest BCUT2D eigenvalue weighted by Crippen LogP contribution is -2.35.